The molecule has 0 radical (unpaired) electrons. The number of benzene rings is 1. The molecular weight excluding hydrogens is 272 g/mol. The van der Waals surface area contributed by atoms with Crippen molar-refractivity contribution in [1.29, 1.82) is 5.26 Å². The smallest absolute Gasteiger partial charge is 0.121 e. The van der Waals surface area contributed by atoms with E-state index in [0.717, 1.165) is 29.1 Å². The lowest BCUT2D eigenvalue weighted by molar-refractivity contribution is -0.0227. The fourth-order valence-corrected chi connectivity index (χ4v) is 5.60. The van der Waals surface area contributed by atoms with E-state index in [1.807, 2.05) is 24.3 Å². The topological polar surface area (TPSA) is 45.0 Å². The predicted octanol–water partition coefficient (Wildman–Crippen LogP) is 3.82. The number of methoxy groups -OCH3 is 1. The van der Waals surface area contributed by atoms with Gasteiger partial charge < -0.3 is 4.74 Å². The molecule has 4 aliphatic rings. The number of nitrogens with zero attached hydrogens (tertiary/aromatic N) is 1. The van der Waals surface area contributed by atoms with Crippen LogP contribution in [0.15, 0.2) is 24.3 Å². The first-order valence-electron chi connectivity index (χ1n) is 8.51. The van der Waals surface area contributed by atoms with E-state index in [1.165, 1.54) is 38.5 Å². The molecule has 0 saturated heterocycles. The molecule has 0 aliphatic heterocycles. The van der Waals surface area contributed by atoms with E-state index in [0.29, 0.717) is 0 Å². The van der Waals surface area contributed by atoms with Crippen molar-refractivity contribution in [1.82, 2.24) is 5.32 Å². The third kappa shape index (κ3) is 2.40. The summed E-state index contributed by atoms with van der Waals surface area (Å²) in [5.74, 6) is 3.50. The molecule has 116 valence electrons. The van der Waals surface area contributed by atoms with Gasteiger partial charge in [-0.2, -0.15) is 5.26 Å². The average Bonchev–Trinajstić information content (AvgIpc) is 2.51. The fourth-order valence-electron chi connectivity index (χ4n) is 5.60. The number of rotatable bonds is 4. The minimum absolute atomic E-state index is 0.207. The Balaban J connectivity index is 1.57. The number of nitrogens with one attached hydrogen (secondary N) is 1. The van der Waals surface area contributed by atoms with Gasteiger partial charge in [0.25, 0.3) is 0 Å². The van der Waals surface area contributed by atoms with Crippen LogP contribution in [0.1, 0.15) is 50.1 Å². The van der Waals surface area contributed by atoms with Crippen LogP contribution in [0.2, 0.25) is 0 Å². The van der Waals surface area contributed by atoms with Crippen molar-refractivity contribution in [2.45, 2.75) is 50.1 Å². The number of hydrogen-bond acceptors (Lipinski definition) is 3. The minimum atomic E-state index is -0.230. The summed E-state index contributed by atoms with van der Waals surface area (Å²) in [5, 5.41) is 13.5. The Kier molecular flexibility index (Phi) is 3.38. The van der Waals surface area contributed by atoms with Crippen LogP contribution in [-0.2, 0) is 0 Å². The molecule has 1 N–H and O–H groups in total. The molecule has 3 heteroatoms. The van der Waals surface area contributed by atoms with Gasteiger partial charge >= 0.3 is 0 Å². The van der Waals surface area contributed by atoms with Gasteiger partial charge in [0.05, 0.1) is 13.2 Å². The molecule has 5 rings (SSSR count). The van der Waals surface area contributed by atoms with Gasteiger partial charge in [-0.3, -0.25) is 5.32 Å². The van der Waals surface area contributed by atoms with Gasteiger partial charge in [0.1, 0.15) is 11.8 Å². The summed E-state index contributed by atoms with van der Waals surface area (Å²) < 4.78 is 5.31. The Morgan fingerprint density at radius 1 is 1.18 bits per heavy atom. The summed E-state index contributed by atoms with van der Waals surface area (Å²) in [4.78, 5) is 0. The van der Waals surface area contributed by atoms with Crippen LogP contribution in [-0.4, -0.2) is 12.6 Å². The summed E-state index contributed by atoms with van der Waals surface area (Å²) in [6.07, 6.45) is 8.08. The Bertz CT molecular complexity index is 568. The molecule has 0 heterocycles. The third-order valence-electron chi connectivity index (χ3n) is 6.04. The zero-order valence-electron chi connectivity index (χ0n) is 13.2. The molecule has 4 bridgehead atoms. The fraction of sp³-hybridized carbons (Fsp3) is 0.632. The molecule has 1 atom stereocenters. The van der Waals surface area contributed by atoms with Gasteiger partial charge in [-0.05, 0) is 74.0 Å². The first-order valence-corrected chi connectivity index (χ1v) is 8.51. The lowest BCUT2D eigenvalue weighted by Gasteiger charge is -2.57. The lowest BCUT2D eigenvalue weighted by atomic mass is 9.53. The molecule has 4 fully saturated rings. The summed E-state index contributed by atoms with van der Waals surface area (Å²) in [6, 6.07) is 10.2. The Morgan fingerprint density at radius 3 is 2.36 bits per heavy atom. The van der Waals surface area contributed by atoms with E-state index < -0.39 is 0 Å². The van der Waals surface area contributed by atoms with E-state index in [4.69, 9.17) is 4.74 Å². The SMILES string of the molecule is COc1cccc(C(C#N)NC23CC4CC(CC(C4)C2)C3)c1. The average molecular weight is 296 g/mol. The molecule has 3 nitrogen and oxygen atoms in total. The molecule has 22 heavy (non-hydrogen) atoms. The lowest BCUT2D eigenvalue weighted by Crippen LogP contribution is -2.58. The van der Waals surface area contributed by atoms with Crippen molar-refractivity contribution < 1.29 is 4.74 Å². The molecule has 0 amide bonds. The molecule has 4 aliphatic carbocycles. The highest BCUT2D eigenvalue weighted by atomic mass is 16.5. The summed E-state index contributed by atoms with van der Waals surface area (Å²) >= 11 is 0. The van der Waals surface area contributed by atoms with Crippen molar-refractivity contribution in [2.24, 2.45) is 17.8 Å². The highest BCUT2D eigenvalue weighted by molar-refractivity contribution is 5.33. The first kappa shape index (κ1) is 14.1. The maximum absolute atomic E-state index is 9.69. The molecular formula is C19H24N2O. The maximum Gasteiger partial charge on any atom is 0.121 e. The summed E-state index contributed by atoms with van der Waals surface area (Å²) in [6.45, 7) is 0. The largest absolute Gasteiger partial charge is 0.497 e. The second-order valence-electron chi connectivity index (χ2n) is 7.68. The zero-order chi connectivity index (χ0) is 15.2. The normalized spacial score (nSPS) is 36.8. The highest BCUT2D eigenvalue weighted by Crippen LogP contribution is 2.56. The van der Waals surface area contributed by atoms with Gasteiger partial charge in [-0.25, -0.2) is 0 Å². The van der Waals surface area contributed by atoms with E-state index in [9.17, 15) is 5.26 Å². The van der Waals surface area contributed by atoms with Crippen LogP contribution in [0.5, 0.6) is 5.75 Å². The number of ether oxygens (including phenoxy) is 1. The van der Waals surface area contributed by atoms with E-state index in [1.54, 1.807) is 7.11 Å². The van der Waals surface area contributed by atoms with Crippen LogP contribution in [0.25, 0.3) is 0 Å². The minimum Gasteiger partial charge on any atom is -0.497 e. The van der Waals surface area contributed by atoms with Crippen LogP contribution >= 0.6 is 0 Å². The van der Waals surface area contributed by atoms with Crippen LogP contribution in [0, 0.1) is 29.1 Å². The van der Waals surface area contributed by atoms with Gasteiger partial charge in [0.2, 0.25) is 0 Å². The van der Waals surface area contributed by atoms with Crippen LogP contribution in [0.3, 0.4) is 0 Å². The quantitative estimate of drug-likeness (QED) is 0.918. The van der Waals surface area contributed by atoms with Gasteiger partial charge in [0.15, 0.2) is 0 Å². The van der Waals surface area contributed by atoms with Crippen molar-refractivity contribution >= 4 is 0 Å². The zero-order valence-corrected chi connectivity index (χ0v) is 13.2. The van der Waals surface area contributed by atoms with E-state index in [-0.39, 0.29) is 11.6 Å². The standard InChI is InChI=1S/C19H24N2O/c1-22-17-4-2-3-16(8-17)18(12-20)21-19-9-13-5-14(10-19)7-15(6-13)11-19/h2-4,8,13-15,18,21H,5-7,9-11H2,1H3. The molecule has 1 aromatic carbocycles. The number of hydrogen-bond donors (Lipinski definition) is 1. The van der Waals surface area contributed by atoms with Gasteiger partial charge in [-0.1, -0.05) is 12.1 Å². The van der Waals surface area contributed by atoms with E-state index in [2.05, 4.69) is 11.4 Å². The monoisotopic (exact) mass is 296 g/mol. The van der Waals surface area contributed by atoms with Gasteiger partial charge in [0, 0.05) is 5.54 Å². The van der Waals surface area contributed by atoms with Crippen molar-refractivity contribution in [3.8, 4) is 11.8 Å². The summed E-state index contributed by atoms with van der Waals surface area (Å²) in [7, 11) is 1.67. The predicted molar refractivity (Wildman–Crippen MR) is 85.4 cm³/mol. The summed E-state index contributed by atoms with van der Waals surface area (Å²) in [5.41, 5.74) is 1.23. The molecule has 4 saturated carbocycles. The van der Waals surface area contributed by atoms with Crippen molar-refractivity contribution in [3.63, 3.8) is 0 Å². The second-order valence-corrected chi connectivity index (χ2v) is 7.68. The van der Waals surface area contributed by atoms with Crippen LogP contribution < -0.4 is 10.1 Å². The Morgan fingerprint density at radius 2 is 1.82 bits per heavy atom. The first-order chi connectivity index (χ1) is 10.7. The molecule has 0 spiro atoms. The maximum atomic E-state index is 9.69. The third-order valence-corrected chi connectivity index (χ3v) is 6.04. The molecule has 1 unspecified atom stereocenters. The van der Waals surface area contributed by atoms with Crippen molar-refractivity contribution in [2.75, 3.05) is 7.11 Å². The number of nitriles is 1. The Labute approximate surface area is 132 Å². The second kappa shape index (κ2) is 5.28. The highest BCUT2D eigenvalue weighted by Gasteiger charge is 2.51. The molecule has 1 aromatic rings. The Hall–Kier alpha value is -1.53. The van der Waals surface area contributed by atoms with Gasteiger partial charge in [-0.15, -0.1) is 0 Å². The molecule has 0 aromatic heterocycles. The van der Waals surface area contributed by atoms with Crippen LogP contribution in [0.4, 0.5) is 0 Å². The van der Waals surface area contributed by atoms with E-state index >= 15 is 0 Å². The van der Waals surface area contributed by atoms with Crippen molar-refractivity contribution in [3.05, 3.63) is 29.8 Å².